The van der Waals surface area contributed by atoms with Crippen molar-refractivity contribution in [1.29, 1.82) is 0 Å². The van der Waals surface area contributed by atoms with Gasteiger partial charge in [0.05, 0.1) is 11.4 Å². The van der Waals surface area contributed by atoms with Crippen LogP contribution in [0.5, 0.6) is 0 Å². The molecule has 2 amide bonds. The molecule has 1 saturated carbocycles. The number of hydrogen-bond acceptors (Lipinski definition) is 5. The van der Waals surface area contributed by atoms with Crippen LogP contribution in [0.2, 0.25) is 0 Å². The number of nitrogens with one attached hydrogen (secondary N) is 2. The van der Waals surface area contributed by atoms with Gasteiger partial charge in [-0.15, -0.1) is 0 Å². The van der Waals surface area contributed by atoms with Gasteiger partial charge < -0.3 is 9.73 Å². The molecule has 9 heteroatoms. The Morgan fingerprint density at radius 1 is 1.03 bits per heavy atom. The number of amides is 2. The molecule has 1 aliphatic carbocycles. The largest absolute Gasteiger partial charge is 0.444 e. The van der Waals surface area contributed by atoms with Gasteiger partial charge >= 0.3 is 0 Å². The Morgan fingerprint density at radius 2 is 1.76 bits per heavy atom. The molecule has 2 N–H and O–H groups in total. The lowest BCUT2D eigenvalue weighted by Crippen LogP contribution is -2.26. The molecule has 2 heterocycles. The molecule has 1 fully saturated rings. The number of fused-ring (bicyclic) bond motifs is 1. The van der Waals surface area contributed by atoms with Gasteiger partial charge in [-0.2, -0.15) is 4.31 Å². The standard InChI is InChI=1S/C25H23N3O5S/c1-2-23(29)27-24-12-17-14-28(15-22(17)33-24)34(31,32)19-10-8-18(9-11-19)26-25(30)21-13-20(21)16-6-4-3-5-7-16/h2-12,20-21H,1,13-15H2,(H,26,30)(H,27,29). The number of furan rings is 1. The van der Waals surface area contributed by atoms with Crippen molar-refractivity contribution >= 4 is 33.4 Å². The second-order valence-electron chi connectivity index (χ2n) is 8.40. The van der Waals surface area contributed by atoms with E-state index in [0.29, 0.717) is 17.0 Å². The molecular formula is C25H23N3O5S. The molecule has 34 heavy (non-hydrogen) atoms. The minimum Gasteiger partial charge on any atom is -0.444 e. The molecular weight excluding hydrogens is 454 g/mol. The minimum atomic E-state index is -3.75. The van der Waals surface area contributed by atoms with Gasteiger partial charge in [-0.25, -0.2) is 8.42 Å². The zero-order valence-electron chi connectivity index (χ0n) is 18.2. The lowest BCUT2D eigenvalue weighted by molar-refractivity contribution is -0.117. The van der Waals surface area contributed by atoms with Crippen LogP contribution in [0.1, 0.15) is 29.2 Å². The van der Waals surface area contributed by atoms with Gasteiger partial charge in [0.15, 0.2) is 5.88 Å². The number of carbonyl (C=O) groups is 2. The van der Waals surface area contributed by atoms with Gasteiger partial charge in [0.1, 0.15) is 5.76 Å². The highest BCUT2D eigenvalue weighted by molar-refractivity contribution is 7.89. The van der Waals surface area contributed by atoms with E-state index in [2.05, 4.69) is 17.2 Å². The Hall–Kier alpha value is -3.69. The summed E-state index contributed by atoms with van der Waals surface area (Å²) >= 11 is 0. The fourth-order valence-electron chi connectivity index (χ4n) is 4.19. The first-order valence-corrected chi connectivity index (χ1v) is 12.3. The molecule has 1 aliphatic heterocycles. The molecule has 5 rings (SSSR count). The van der Waals surface area contributed by atoms with Crippen molar-refractivity contribution in [3.05, 3.63) is 90.2 Å². The number of benzene rings is 2. The quantitative estimate of drug-likeness (QED) is 0.503. The van der Waals surface area contributed by atoms with Gasteiger partial charge in [0, 0.05) is 29.8 Å². The summed E-state index contributed by atoms with van der Waals surface area (Å²) in [6.07, 6.45) is 1.94. The summed E-state index contributed by atoms with van der Waals surface area (Å²) in [6, 6.07) is 17.7. The number of carbonyl (C=O) groups excluding carboxylic acids is 2. The number of hydrogen-bond donors (Lipinski definition) is 2. The van der Waals surface area contributed by atoms with Crippen molar-refractivity contribution in [3.8, 4) is 0 Å². The molecule has 2 aromatic carbocycles. The van der Waals surface area contributed by atoms with Gasteiger partial charge in [0.2, 0.25) is 21.8 Å². The van der Waals surface area contributed by atoms with E-state index in [-0.39, 0.29) is 41.6 Å². The topological polar surface area (TPSA) is 109 Å². The SMILES string of the molecule is C=CC(=O)Nc1cc2c(o1)CN(S(=O)(=O)c1ccc(NC(=O)C3CC3c3ccccc3)cc1)C2. The Balaban J connectivity index is 1.21. The second kappa shape index (κ2) is 8.58. The molecule has 0 spiro atoms. The maximum absolute atomic E-state index is 13.1. The normalized spacial score (nSPS) is 19.3. The lowest BCUT2D eigenvalue weighted by atomic mass is 10.1. The molecule has 8 nitrogen and oxygen atoms in total. The zero-order chi connectivity index (χ0) is 23.9. The summed E-state index contributed by atoms with van der Waals surface area (Å²) in [5.41, 5.74) is 2.41. The Kier molecular flexibility index (Phi) is 5.59. The highest BCUT2D eigenvalue weighted by Gasteiger charge is 2.43. The summed E-state index contributed by atoms with van der Waals surface area (Å²) in [4.78, 5) is 24.1. The minimum absolute atomic E-state index is 0.0621. The van der Waals surface area contributed by atoms with Crippen LogP contribution in [0.3, 0.4) is 0 Å². The maximum Gasteiger partial charge on any atom is 0.250 e. The van der Waals surface area contributed by atoms with E-state index in [1.807, 2.05) is 30.3 Å². The third-order valence-electron chi connectivity index (χ3n) is 6.11. The highest BCUT2D eigenvalue weighted by atomic mass is 32.2. The highest BCUT2D eigenvalue weighted by Crippen LogP contribution is 2.47. The van der Waals surface area contributed by atoms with Crippen LogP contribution in [-0.2, 0) is 32.7 Å². The summed E-state index contributed by atoms with van der Waals surface area (Å²) in [7, 11) is -3.75. The number of rotatable bonds is 7. The number of anilines is 2. The molecule has 1 aromatic heterocycles. The van der Waals surface area contributed by atoms with E-state index < -0.39 is 15.9 Å². The number of sulfonamides is 1. The van der Waals surface area contributed by atoms with E-state index in [9.17, 15) is 18.0 Å². The van der Waals surface area contributed by atoms with Gasteiger partial charge in [0.25, 0.3) is 0 Å². The average molecular weight is 478 g/mol. The van der Waals surface area contributed by atoms with Gasteiger partial charge in [-0.3, -0.25) is 14.9 Å². The van der Waals surface area contributed by atoms with Crippen molar-refractivity contribution in [2.24, 2.45) is 5.92 Å². The first-order chi connectivity index (χ1) is 16.3. The molecule has 2 unspecified atom stereocenters. The van der Waals surface area contributed by atoms with Crippen LogP contribution >= 0.6 is 0 Å². The van der Waals surface area contributed by atoms with Crippen molar-refractivity contribution in [2.45, 2.75) is 30.3 Å². The van der Waals surface area contributed by atoms with Crippen LogP contribution in [-0.4, -0.2) is 24.5 Å². The zero-order valence-corrected chi connectivity index (χ0v) is 19.0. The molecule has 0 radical (unpaired) electrons. The average Bonchev–Trinajstić information content (AvgIpc) is 3.41. The van der Waals surface area contributed by atoms with E-state index in [1.165, 1.54) is 16.4 Å². The fraction of sp³-hybridized carbons (Fsp3) is 0.200. The summed E-state index contributed by atoms with van der Waals surface area (Å²) in [5.74, 6) is 0.445. The van der Waals surface area contributed by atoms with Crippen molar-refractivity contribution in [1.82, 2.24) is 4.31 Å². The first kappa shape index (κ1) is 22.1. The Bertz CT molecular complexity index is 1340. The van der Waals surface area contributed by atoms with Crippen molar-refractivity contribution < 1.29 is 22.4 Å². The van der Waals surface area contributed by atoms with Crippen LogP contribution < -0.4 is 10.6 Å². The Labute approximate surface area is 197 Å². The van der Waals surface area contributed by atoms with Gasteiger partial charge in [-0.1, -0.05) is 36.9 Å². The fourth-order valence-corrected chi connectivity index (χ4v) is 5.57. The Morgan fingerprint density at radius 3 is 2.44 bits per heavy atom. The van der Waals surface area contributed by atoms with E-state index in [4.69, 9.17) is 4.42 Å². The van der Waals surface area contributed by atoms with Crippen LogP contribution in [0.4, 0.5) is 11.6 Å². The van der Waals surface area contributed by atoms with E-state index in [0.717, 1.165) is 18.1 Å². The predicted molar refractivity (Wildman–Crippen MR) is 126 cm³/mol. The molecule has 3 aromatic rings. The van der Waals surface area contributed by atoms with Crippen LogP contribution in [0.25, 0.3) is 0 Å². The molecule has 2 aliphatic rings. The molecule has 2 atom stereocenters. The third-order valence-corrected chi connectivity index (χ3v) is 7.92. The monoisotopic (exact) mass is 477 g/mol. The lowest BCUT2D eigenvalue weighted by Gasteiger charge is -2.16. The number of nitrogens with zero attached hydrogens (tertiary/aromatic N) is 1. The van der Waals surface area contributed by atoms with E-state index in [1.54, 1.807) is 18.2 Å². The molecule has 0 saturated heterocycles. The van der Waals surface area contributed by atoms with Gasteiger partial charge in [-0.05, 0) is 48.2 Å². The third kappa shape index (κ3) is 4.27. The van der Waals surface area contributed by atoms with Crippen molar-refractivity contribution in [2.75, 3.05) is 10.6 Å². The summed E-state index contributed by atoms with van der Waals surface area (Å²) < 4.78 is 33.0. The van der Waals surface area contributed by atoms with Crippen LogP contribution in [0, 0.1) is 5.92 Å². The summed E-state index contributed by atoms with van der Waals surface area (Å²) in [5, 5.41) is 5.41. The van der Waals surface area contributed by atoms with Crippen molar-refractivity contribution in [3.63, 3.8) is 0 Å². The summed E-state index contributed by atoms with van der Waals surface area (Å²) in [6.45, 7) is 3.60. The smallest absolute Gasteiger partial charge is 0.250 e. The second-order valence-corrected chi connectivity index (χ2v) is 10.3. The maximum atomic E-state index is 13.1. The molecule has 174 valence electrons. The van der Waals surface area contributed by atoms with Crippen LogP contribution in [0.15, 0.2) is 82.6 Å². The predicted octanol–water partition coefficient (Wildman–Crippen LogP) is 3.85. The molecule has 0 bridgehead atoms. The van der Waals surface area contributed by atoms with E-state index >= 15 is 0 Å². The first-order valence-electron chi connectivity index (χ1n) is 10.9.